The number of halogens is 1. The molecule has 0 N–H and O–H groups in total. The van der Waals surface area contributed by atoms with Crippen molar-refractivity contribution in [2.45, 2.75) is 11.8 Å². The normalized spacial score (nSPS) is 10.8. The molecular weight excluding hydrogens is 298 g/mol. The maximum Gasteiger partial charge on any atom is 0.339 e. The fraction of sp³-hybridized carbons (Fsp3) is 0.0714. The molecule has 2 aromatic carbocycles. The van der Waals surface area contributed by atoms with Gasteiger partial charge in [0.25, 0.3) is 0 Å². The first-order chi connectivity index (χ1) is 9.42. The second-order valence-corrected chi connectivity index (χ2v) is 6.06. The van der Waals surface area contributed by atoms with Gasteiger partial charge in [-0.3, -0.25) is 0 Å². The first-order valence-electron chi connectivity index (χ1n) is 5.63. The molecule has 2 aromatic rings. The number of benzene rings is 2. The molecule has 0 aliphatic heterocycles. The zero-order valence-electron chi connectivity index (χ0n) is 10.5. The van der Waals surface area contributed by atoms with Crippen LogP contribution in [0.25, 0.3) is 0 Å². The molecule has 0 fully saturated rings. The molecule has 2 rings (SSSR count). The maximum absolute atomic E-state index is 12.0. The summed E-state index contributed by atoms with van der Waals surface area (Å²) < 4.78 is 29.1. The SMILES string of the molecule is Cc1ccc(S(=O)(=O)Oc2ccc(C#N)c(Cl)c2)cc1. The van der Waals surface area contributed by atoms with Crippen LogP contribution >= 0.6 is 11.6 Å². The minimum absolute atomic E-state index is 0.0589. The van der Waals surface area contributed by atoms with E-state index in [1.54, 1.807) is 12.1 Å². The number of nitriles is 1. The summed E-state index contributed by atoms with van der Waals surface area (Å²) >= 11 is 5.83. The van der Waals surface area contributed by atoms with Gasteiger partial charge in [-0.15, -0.1) is 0 Å². The molecule has 6 heteroatoms. The van der Waals surface area contributed by atoms with Crippen molar-refractivity contribution in [3.05, 3.63) is 58.6 Å². The highest BCUT2D eigenvalue weighted by atomic mass is 35.5. The summed E-state index contributed by atoms with van der Waals surface area (Å²) in [6.07, 6.45) is 0. The van der Waals surface area contributed by atoms with Gasteiger partial charge in [-0.1, -0.05) is 29.3 Å². The van der Waals surface area contributed by atoms with Crippen LogP contribution < -0.4 is 4.18 Å². The molecule has 0 bridgehead atoms. The molecule has 0 aliphatic rings. The number of nitrogens with zero attached hydrogens (tertiary/aromatic N) is 1. The third kappa shape index (κ3) is 3.10. The molecule has 0 atom stereocenters. The van der Waals surface area contributed by atoms with Crippen molar-refractivity contribution >= 4 is 21.7 Å². The highest BCUT2D eigenvalue weighted by molar-refractivity contribution is 7.87. The average molecular weight is 308 g/mol. The Hall–Kier alpha value is -2.03. The van der Waals surface area contributed by atoms with Crippen molar-refractivity contribution < 1.29 is 12.6 Å². The summed E-state index contributed by atoms with van der Waals surface area (Å²) in [5, 5.41) is 8.90. The van der Waals surface area contributed by atoms with Crippen LogP contribution in [0.4, 0.5) is 0 Å². The highest BCUT2D eigenvalue weighted by Crippen LogP contribution is 2.25. The van der Waals surface area contributed by atoms with E-state index in [-0.39, 0.29) is 21.2 Å². The van der Waals surface area contributed by atoms with Gasteiger partial charge in [0.15, 0.2) is 0 Å². The van der Waals surface area contributed by atoms with E-state index >= 15 is 0 Å². The van der Waals surface area contributed by atoms with Crippen molar-refractivity contribution in [3.8, 4) is 11.8 Å². The first-order valence-corrected chi connectivity index (χ1v) is 7.42. The summed E-state index contributed by atoms with van der Waals surface area (Å²) in [6, 6.07) is 12.3. The lowest BCUT2D eigenvalue weighted by Crippen LogP contribution is -2.09. The van der Waals surface area contributed by atoms with Gasteiger partial charge in [0.1, 0.15) is 16.7 Å². The van der Waals surface area contributed by atoms with Crippen molar-refractivity contribution in [1.82, 2.24) is 0 Å². The molecule has 0 unspecified atom stereocenters. The Bertz CT molecular complexity index is 777. The molecular formula is C14H10ClNO3S. The van der Waals surface area contributed by atoms with Crippen LogP contribution in [0.5, 0.6) is 5.75 Å². The molecule has 0 saturated heterocycles. The quantitative estimate of drug-likeness (QED) is 0.816. The Morgan fingerprint density at radius 1 is 1.15 bits per heavy atom. The van der Waals surface area contributed by atoms with Crippen molar-refractivity contribution in [2.24, 2.45) is 0 Å². The largest absolute Gasteiger partial charge is 0.379 e. The Balaban J connectivity index is 2.31. The lowest BCUT2D eigenvalue weighted by atomic mass is 10.2. The van der Waals surface area contributed by atoms with E-state index in [0.717, 1.165) is 5.56 Å². The predicted molar refractivity (Wildman–Crippen MR) is 75.2 cm³/mol. The van der Waals surface area contributed by atoms with Gasteiger partial charge >= 0.3 is 10.1 Å². The minimum atomic E-state index is -3.91. The highest BCUT2D eigenvalue weighted by Gasteiger charge is 2.17. The van der Waals surface area contributed by atoms with Crippen LogP contribution in [0, 0.1) is 18.3 Å². The molecule has 0 radical (unpaired) electrons. The molecule has 0 amide bonds. The van der Waals surface area contributed by atoms with E-state index in [4.69, 9.17) is 21.0 Å². The standard InChI is InChI=1S/C14H10ClNO3S/c1-10-2-6-13(7-3-10)20(17,18)19-12-5-4-11(9-16)14(15)8-12/h2-8H,1H3. The molecule has 20 heavy (non-hydrogen) atoms. The second kappa shape index (κ2) is 5.53. The van der Waals surface area contributed by atoms with Gasteiger partial charge in [-0.2, -0.15) is 13.7 Å². The third-order valence-electron chi connectivity index (χ3n) is 2.58. The van der Waals surface area contributed by atoms with Crippen LogP contribution in [-0.2, 0) is 10.1 Å². The number of rotatable bonds is 3. The summed E-state index contributed by atoms with van der Waals surface area (Å²) in [4.78, 5) is 0.0589. The Morgan fingerprint density at radius 2 is 1.80 bits per heavy atom. The number of hydrogen-bond acceptors (Lipinski definition) is 4. The summed E-state index contributed by atoms with van der Waals surface area (Å²) in [5.41, 5.74) is 1.21. The average Bonchev–Trinajstić information content (AvgIpc) is 2.39. The van der Waals surface area contributed by atoms with Gasteiger partial charge < -0.3 is 4.18 Å². The zero-order chi connectivity index (χ0) is 14.8. The minimum Gasteiger partial charge on any atom is -0.379 e. The smallest absolute Gasteiger partial charge is 0.339 e. The van der Waals surface area contributed by atoms with Crippen molar-refractivity contribution in [1.29, 1.82) is 5.26 Å². The third-order valence-corrected chi connectivity index (χ3v) is 4.15. The lowest BCUT2D eigenvalue weighted by molar-refractivity contribution is 0.486. The van der Waals surface area contributed by atoms with E-state index in [9.17, 15) is 8.42 Å². The lowest BCUT2D eigenvalue weighted by Gasteiger charge is -2.07. The van der Waals surface area contributed by atoms with Crippen LogP contribution in [0.3, 0.4) is 0 Å². The summed E-state index contributed by atoms with van der Waals surface area (Å²) in [6.45, 7) is 1.86. The van der Waals surface area contributed by atoms with E-state index in [2.05, 4.69) is 0 Å². The molecule has 0 heterocycles. The monoisotopic (exact) mass is 307 g/mol. The van der Waals surface area contributed by atoms with Crippen LogP contribution in [0.15, 0.2) is 47.4 Å². The van der Waals surface area contributed by atoms with Gasteiger partial charge in [0.2, 0.25) is 0 Å². The van der Waals surface area contributed by atoms with Crippen LogP contribution in [0.2, 0.25) is 5.02 Å². The Labute approximate surface area is 122 Å². The molecule has 0 spiro atoms. The maximum atomic E-state index is 12.0. The van der Waals surface area contributed by atoms with E-state index < -0.39 is 10.1 Å². The fourth-order valence-electron chi connectivity index (χ4n) is 1.52. The molecule has 102 valence electrons. The van der Waals surface area contributed by atoms with Gasteiger partial charge in [0, 0.05) is 6.07 Å². The van der Waals surface area contributed by atoms with Crippen LogP contribution in [0.1, 0.15) is 11.1 Å². The zero-order valence-corrected chi connectivity index (χ0v) is 12.1. The number of hydrogen-bond donors (Lipinski definition) is 0. The summed E-state index contributed by atoms with van der Waals surface area (Å²) in [5.74, 6) is 0.0644. The number of aryl methyl sites for hydroxylation is 1. The molecule has 0 aromatic heterocycles. The molecule has 4 nitrogen and oxygen atoms in total. The van der Waals surface area contributed by atoms with Crippen molar-refractivity contribution in [3.63, 3.8) is 0 Å². The molecule has 0 saturated carbocycles. The van der Waals surface area contributed by atoms with Crippen LogP contribution in [-0.4, -0.2) is 8.42 Å². The van der Waals surface area contributed by atoms with E-state index in [1.807, 2.05) is 13.0 Å². The Morgan fingerprint density at radius 3 is 2.35 bits per heavy atom. The second-order valence-electron chi connectivity index (χ2n) is 4.10. The fourth-order valence-corrected chi connectivity index (χ4v) is 2.65. The van der Waals surface area contributed by atoms with Gasteiger partial charge in [-0.25, -0.2) is 0 Å². The molecule has 0 aliphatic carbocycles. The first kappa shape index (κ1) is 14.4. The predicted octanol–water partition coefficient (Wildman–Crippen LogP) is 3.29. The van der Waals surface area contributed by atoms with Gasteiger partial charge in [-0.05, 0) is 31.2 Å². The topological polar surface area (TPSA) is 67.2 Å². The Kier molecular flexibility index (Phi) is 3.98. The van der Waals surface area contributed by atoms with Gasteiger partial charge in [0.05, 0.1) is 10.6 Å². The summed E-state index contributed by atoms with van der Waals surface area (Å²) in [7, 11) is -3.91. The van der Waals surface area contributed by atoms with Crippen molar-refractivity contribution in [2.75, 3.05) is 0 Å². The van der Waals surface area contributed by atoms with E-state index in [1.165, 1.54) is 30.3 Å². The van der Waals surface area contributed by atoms with E-state index in [0.29, 0.717) is 0 Å².